The molecule has 97 heavy (non-hydrogen) atoms. The van der Waals surface area contributed by atoms with Gasteiger partial charge in [0.05, 0.1) is 18.3 Å². The molecule has 7 N–H and O–H groups in total. The Labute approximate surface area is 587 Å². The van der Waals surface area contributed by atoms with Crippen LogP contribution >= 0.6 is 59.6 Å². The van der Waals surface area contributed by atoms with Crippen LogP contribution in [0, 0.1) is 0 Å². The number of rotatable bonds is 18. The second-order valence-electron chi connectivity index (χ2n) is 20.9. The number of ether oxygens (including phenoxy) is 5. The number of alkyl halides is 6. The number of amides is 2. The van der Waals surface area contributed by atoms with E-state index in [4.69, 9.17) is 66.0 Å². The summed E-state index contributed by atoms with van der Waals surface area (Å²) in [5.41, 5.74) is 23.5. The normalized spacial score (nSPS) is 12.1. The third-order valence-electron chi connectivity index (χ3n) is 13.8. The van der Waals surface area contributed by atoms with Crippen LogP contribution in [0.5, 0.6) is 23.0 Å². The van der Waals surface area contributed by atoms with E-state index in [1.807, 2.05) is 59.7 Å². The van der Waals surface area contributed by atoms with Crippen LogP contribution in [0.15, 0.2) is 182 Å². The van der Waals surface area contributed by atoms with Crippen LogP contribution in [0.3, 0.4) is 0 Å². The van der Waals surface area contributed by atoms with E-state index in [0.29, 0.717) is 84.5 Å². The van der Waals surface area contributed by atoms with Gasteiger partial charge in [0, 0.05) is 55.8 Å². The fraction of sp³-hybridized carbons (Fsp3) is 0.232. The predicted molar refractivity (Wildman–Crippen MR) is 377 cm³/mol. The summed E-state index contributed by atoms with van der Waals surface area (Å²) in [5.74, 6) is 1.21. The Morgan fingerprint density at radius 2 is 0.928 bits per heavy atom. The second-order valence-corrected chi connectivity index (χ2v) is 22.3. The first-order valence-corrected chi connectivity index (χ1v) is 29.9. The van der Waals surface area contributed by atoms with Crippen LogP contribution in [-0.4, -0.2) is 78.8 Å². The molecule has 0 aliphatic carbocycles. The fourth-order valence-corrected chi connectivity index (χ4v) is 9.26. The van der Waals surface area contributed by atoms with E-state index in [9.17, 15) is 35.9 Å². The van der Waals surface area contributed by atoms with Crippen molar-refractivity contribution in [2.75, 3.05) is 30.5 Å². The van der Waals surface area contributed by atoms with Gasteiger partial charge >= 0.3 is 39.0 Å². The molecule has 9 aromatic rings. The van der Waals surface area contributed by atoms with Crippen LogP contribution in [0.2, 0.25) is 15.1 Å². The second kappa shape index (κ2) is 39.5. The van der Waals surface area contributed by atoms with Crippen molar-refractivity contribution in [2.45, 2.75) is 92.8 Å². The van der Waals surface area contributed by atoms with Gasteiger partial charge in [-0.05, 0) is 177 Å². The standard InChI is InChI=1S/C20H16ClF2N3O2.C19H15ClF2N2O.C16H13ClF2O4.C11H17BN2O2.C2H6.CH4.2ClH/c21-15-3-1-2-14(10-15)16-9-12(4-6-17(16)28-19(22)23)8-13-5-7-18(25-11-13)26-20(24)27;20-15-3-1-2-14(10-15)16-9-12(4-6-17(16)25-19(21)22)8-13-5-7-18(23)24-11-13;1-21-15(20)9-22-12-5-6-14(23-16(18)19)13(8-12)10-3-2-4-11(17)7-10;1-10(2)11(3,4)16-12(15-10)8-5-6-9(13)14-7-8;1-2;;;/h1-7,9-11,19H,8H2,(H3,24,25,26,27);1-7,9-11,19H,8H2,(H2,23,24);2-8,16H,9H2,1H3;5-7H,1-4H3,(H2,13,14);1-2H3;1H4;2*1H. The largest absolute Gasteiger partial charge is 0.496 e. The minimum atomic E-state index is -2.96. The average Bonchev–Trinajstić information content (AvgIpc) is 1.77. The lowest BCUT2D eigenvalue weighted by Gasteiger charge is -2.32. The highest BCUT2D eigenvalue weighted by Crippen LogP contribution is 2.39. The SMILES string of the molecule is C.CC.CC1(C)OB(c2ccc(N)nc2)OC1(C)C.COC(=O)COc1ccc(OC(F)F)c(-c2cccc(Cl)c2)c1.Cl.Cl.NC(=O)Nc1ccc(Cc2ccc(OC(F)F)c(-c3cccc(Cl)c3)c2)cn1.Nc1ccc(Cc2ccc(OC(F)F)c(-c3cccc(Cl)c3)c2)cn1. The summed E-state index contributed by atoms with van der Waals surface area (Å²) in [6.45, 7) is 3.02. The molecule has 28 heteroatoms. The number of nitrogens with two attached hydrogens (primary N) is 3. The molecule has 1 aliphatic heterocycles. The minimum absolute atomic E-state index is 0. The number of esters is 1. The summed E-state index contributed by atoms with van der Waals surface area (Å²) in [5, 5.41) is 3.85. The summed E-state index contributed by atoms with van der Waals surface area (Å²) in [7, 11) is 0.876. The van der Waals surface area contributed by atoms with Crippen molar-refractivity contribution in [2.24, 2.45) is 5.73 Å². The van der Waals surface area contributed by atoms with Crippen molar-refractivity contribution >= 4 is 102 Å². The lowest BCUT2D eigenvalue weighted by Crippen LogP contribution is -2.41. The number of hydrogen-bond donors (Lipinski definition) is 4. The first kappa shape index (κ1) is 82.6. The summed E-state index contributed by atoms with van der Waals surface area (Å²) >= 11 is 18.0. The van der Waals surface area contributed by atoms with Crippen molar-refractivity contribution < 1.29 is 68.9 Å². The number of hydrogen-bond acceptors (Lipinski definition) is 14. The van der Waals surface area contributed by atoms with Crippen LogP contribution in [-0.2, 0) is 31.7 Å². The number of pyridine rings is 3. The number of carbonyl (C=O) groups is 2. The van der Waals surface area contributed by atoms with Gasteiger partial charge in [-0.15, -0.1) is 24.8 Å². The molecule has 1 aliphatic rings. The smallest absolute Gasteiger partial charge is 0.482 e. The molecule has 6 aromatic carbocycles. The number of nitrogens with one attached hydrogen (secondary N) is 1. The van der Waals surface area contributed by atoms with Crippen molar-refractivity contribution in [1.82, 2.24) is 15.0 Å². The summed E-state index contributed by atoms with van der Waals surface area (Å²) in [6, 6.07) is 44.9. The third-order valence-corrected chi connectivity index (χ3v) is 14.5. The highest BCUT2D eigenvalue weighted by Gasteiger charge is 2.51. The Morgan fingerprint density at radius 3 is 1.29 bits per heavy atom. The van der Waals surface area contributed by atoms with Gasteiger partial charge < -0.3 is 50.2 Å². The van der Waals surface area contributed by atoms with Crippen molar-refractivity contribution in [3.63, 3.8) is 0 Å². The molecule has 10 rings (SSSR count). The maximum Gasteiger partial charge on any atom is 0.496 e. The number of anilines is 3. The zero-order valence-corrected chi connectivity index (χ0v) is 56.6. The summed E-state index contributed by atoms with van der Waals surface area (Å²) < 4.78 is 111. The van der Waals surface area contributed by atoms with E-state index in [0.717, 1.165) is 27.7 Å². The monoisotopic (exact) mass is 1440 g/mol. The number of carbonyl (C=O) groups excluding carboxylic acids is 2. The molecular formula is C69H73BCl5F6N7O9. The number of nitrogens with zero attached hydrogens (tertiary/aromatic N) is 3. The number of urea groups is 1. The maximum absolute atomic E-state index is 12.8. The Kier molecular flexibility index (Phi) is 33.6. The molecule has 0 atom stereocenters. The van der Waals surface area contributed by atoms with E-state index < -0.39 is 31.8 Å². The molecule has 0 radical (unpaired) electrons. The molecule has 16 nitrogen and oxygen atoms in total. The lowest BCUT2D eigenvalue weighted by molar-refractivity contribution is -0.142. The van der Waals surface area contributed by atoms with Crippen molar-refractivity contribution in [3.8, 4) is 56.4 Å². The molecule has 4 heterocycles. The number of aromatic nitrogens is 3. The number of methoxy groups -OCH3 is 1. The Bertz CT molecular complexity index is 3920. The van der Waals surface area contributed by atoms with Crippen molar-refractivity contribution in [3.05, 3.63) is 220 Å². The molecule has 0 spiro atoms. The molecule has 2 amide bonds. The number of benzene rings is 6. The molecule has 0 bridgehead atoms. The van der Waals surface area contributed by atoms with E-state index in [1.165, 1.54) is 31.4 Å². The van der Waals surface area contributed by atoms with E-state index in [2.05, 4.69) is 39.2 Å². The first-order chi connectivity index (χ1) is 44.7. The quantitative estimate of drug-likeness (QED) is 0.0356. The molecule has 1 saturated heterocycles. The highest BCUT2D eigenvalue weighted by molar-refractivity contribution is 6.62. The zero-order valence-electron chi connectivity index (χ0n) is 52.7. The Balaban J connectivity index is 0.000000335. The lowest BCUT2D eigenvalue weighted by atomic mass is 9.80. The average molecular weight is 1450 g/mol. The van der Waals surface area contributed by atoms with Gasteiger partial charge in [-0.25, -0.2) is 24.5 Å². The fourth-order valence-electron chi connectivity index (χ4n) is 8.69. The van der Waals surface area contributed by atoms with E-state index >= 15 is 0 Å². The van der Waals surface area contributed by atoms with Crippen LogP contribution in [0.25, 0.3) is 33.4 Å². The minimum Gasteiger partial charge on any atom is -0.482 e. The van der Waals surface area contributed by atoms with E-state index in [1.54, 1.807) is 140 Å². The van der Waals surface area contributed by atoms with Gasteiger partial charge in [-0.1, -0.05) is 123 Å². The number of nitrogen functional groups attached to an aromatic ring is 2. The summed E-state index contributed by atoms with van der Waals surface area (Å²) in [6.07, 6.45) is 6.09. The highest BCUT2D eigenvalue weighted by atomic mass is 35.5. The Hall–Kier alpha value is -8.68. The van der Waals surface area contributed by atoms with Gasteiger partial charge in [0.1, 0.15) is 40.5 Å². The number of primary amides is 1. The van der Waals surface area contributed by atoms with Gasteiger partial charge in [-0.3, -0.25) is 5.32 Å². The van der Waals surface area contributed by atoms with Crippen LogP contribution < -0.4 is 46.9 Å². The molecule has 0 saturated carbocycles. The number of halogens is 11. The van der Waals surface area contributed by atoms with Crippen molar-refractivity contribution in [1.29, 1.82) is 0 Å². The molecule has 1 fully saturated rings. The topological polar surface area (TPSA) is 228 Å². The summed E-state index contributed by atoms with van der Waals surface area (Å²) in [4.78, 5) is 34.2. The van der Waals surface area contributed by atoms with Gasteiger partial charge in [-0.2, -0.15) is 26.3 Å². The van der Waals surface area contributed by atoms with E-state index in [-0.39, 0.29) is 74.4 Å². The van der Waals surface area contributed by atoms with Gasteiger partial charge in [0.25, 0.3) is 0 Å². The molecular weight excluding hydrogens is 1370 g/mol. The zero-order chi connectivity index (χ0) is 68.7. The van der Waals surface area contributed by atoms with Gasteiger partial charge in [0.15, 0.2) is 6.61 Å². The van der Waals surface area contributed by atoms with Gasteiger partial charge in [0.2, 0.25) is 0 Å². The molecule has 518 valence electrons. The van der Waals surface area contributed by atoms with Crippen LogP contribution in [0.1, 0.15) is 71.2 Å². The first-order valence-electron chi connectivity index (χ1n) is 28.7. The predicted octanol–water partition coefficient (Wildman–Crippen LogP) is 17.9. The third kappa shape index (κ3) is 26.0. The maximum atomic E-state index is 12.8. The molecule has 3 aromatic heterocycles. The molecule has 0 unspecified atom stereocenters. The Morgan fingerprint density at radius 1 is 0.536 bits per heavy atom. The van der Waals surface area contributed by atoms with Crippen LogP contribution in [0.4, 0.5) is 48.6 Å².